The normalized spacial score (nSPS) is 15.3. The average Bonchev–Trinajstić information content (AvgIpc) is 2.78. The van der Waals surface area contributed by atoms with Crippen LogP contribution in [-0.4, -0.2) is 61.7 Å². The summed E-state index contributed by atoms with van der Waals surface area (Å²) in [6.07, 6.45) is 4.16. The van der Waals surface area contributed by atoms with Crippen LogP contribution in [0.15, 0.2) is 53.7 Å². The fourth-order valence-electron chi connectivity index (χ4n) is 3.72. The van der Waals surface area contributed by atoms with Crippen LogP contribution in [-0.2, 0) is 6.54 Å². The summed E-state index contributed by atoms with van der Waals surface area (Å²) in [7, 11) is 0. The minimum atomic E-state index is 0.599. The Labute approximate surface area is 181 Å². The Hall–Kier alpha value is -2.60. The van der Waals surface area contributed by atoms with E-state index in [9.17, 15) is 0 Å². The first kappa shape index (κ1) is 22.1. The minimum absolute atomic E-state index is 0.599. The fourth-order valence-corrected chi connectivity index (χ4v) is 3.72. The molecule has 0 radical (unpaired) electrons. The van der Waals surface area contributed by atoms with Crippen molar-refractivity contribution in [2.75, 3.05) is 50.7 Å². The van der Waals surface area contributed by atoms with Crippen molar-refractivity contribution in [3.05, 3.63) is 59.9 Å². The fraction of sp³-hybridized carbons (Fsp3) is 0.500. The number of piperazine rings is 1. The predicted octanol–water partition coefficient (Wildman–Crippen LogP) is 3.05. The highest BCUT2D eigenvalue weighted by molar-refractivity contribution is 5.79. The molecule has 162 valence electrons. The number of benzene rings is 1. The lowest BCUT2D eigenvalue weighted by Crippen LogP contribution is -2.46. The van der Waals surface area contributed by atoms with Crippen molar-refractivity contribution < 1.29 is 0 Å². The average molecular weight is 409 g/mol. The van der Waals surface area contributed by atoms with Crippen molar-refractivity contribution in [3.63, 3.8) is 0 Å². The first-order valence-electron chi connectivity index (χ1n) is 11.2. The van der Waals surface area contributed by atoms with Gasteiger partial charge in [-0.05, 0) is 63.1 Å². The molecule has 0 aliphatic carbocycles. The zero-order chi connectivity index (χ0) is 21.0. The van der Waals surface area contributed by atoms with E-state index in [-0.39, 0.29) is 0 Å². The molecule has 1 fully saturated rings. The van der Waals surface area contributed by atoms with Gasteiger partial charge < -0.3 is 15.5 Å². The Morgan fingerprint density at radius 2 is 1.90 bits per heavy atom. The number of nitrogens with one attached hydrogen (secondary N) is 2. The van der Waals surface area contributed by atoms with Crippen LogP contribution in [0.4, 0.5) is 5.69 Å². The molecule has 1 aliphatic rings. The van der Waals surface area contributed by atoms with Gasteiger partial charge in [0.1, 0.15) is 0 Å². The number of aliphatic imine (C=N–C) groups is 1. The number of pyridine rings is 1. The van der Waals surface area contributed by atoms with Crippen molar-refractivity contribution in [2.24, 2.45) is 4.99 Å². The van der Waals surface area contributed by atoms with E-state index >= 15 is 0 Å². The van der Waals surface area contributed by atoms with Crippen LogP contribution in [0.5, 0.6) is 0 Å². The lowest BCUT2D eigenvalue weighted by Gasteiger charge is -2.36. The summed E-state index contributed by atoms with van der Waals surface area (Å²) in [5.74, 6) is 0.870. The van der Waals surface area contributed by atoms with Gasteiger partial charge in [0.2, 0.25) is 0 Å². The number of hydrogen-bond donors (Lipinski definition) is 2. The van der Waals surface area contributed by atoms with Crippen molar-refractivity contribution in [3.8, 4) is 0 Å². The van der Waals surface area contributed by atoms with E-state index in [0.29, 0.717) is 6.54 Å². The van der Waals surface area contributed by atoms with Crippen molar-refractivity contribution in [1.29, 1.82) is 0 Å². The van der Waals surface area contributed by atoms with Crippen molar-refractivity contribution in [2.45, 2.75) is 33.2 Å². The highest BCUT2D eigenvalue weighted by Gasteiger charge is 2.16. The van der Waals surface area contributed by atoms with Gasteiger partial charge in [0.15, 0.2) is 5.96 Å². The molecule has 0 spiro atoms. The smallest absolute Gasteiger partial charge is 0.191 e. The summed E-state index contributed by atoms with van der Waals surface area (Å²) < 4.78 is 0. The molecular formula is C24H36N6. The molecule has 1 aromatic heterocycles. The third kappa shape index (κ3) is 7.34. The zero-order valence-corrected chi connectivity index (χ0v) is 18.5. The van der Waals surface area contributed by atoms with E-state index in [4.69, 9.17) is 0 Å². The standard InChI is InChI=1S/C24H36N6/c1-3-25-24(28-20-22-10-4-5-12-26-22)27-13-6-7-14-29-15-17-30(18-16-29)23-11-8-9-21(2)19-23/h4-5,8-12,19H,3,6-7,13-18,20H2,1-2H3,(H2,25,27,28). The SMILES string of the molecule is CCNC(=NCc1ccccn1)NCCCCN1CCN(c2cccc(C)c2)CC1. The number of nitrogens with zero attached hydrogens (tertiary/aromatic N) is 4. The van der Waals surface area contributed by atoms with Gasteiger partial charge >= 0.3 is 0 Å². The van der Waals surface area contributed by atoms with Gasteiger partial charge in [-0.2, -0.15) is 0 Å². The Bertz CT molecular complexity index is 768. The first-order chi connectivity index (χ1) is 14.7. The molecule has 0 amide bonds. The molecule has 0 atom stereocenters. The number of hydrogen-bond acceptors (Lipinski definition) is 4. The molecule has 6 nitrogen and oxygen atoms in total. The monoisotopic (exact) mass is 408 g/mol. The molecule has 6 heteroatoms. The molecule has 2 N–H and O–H groups in total. The van der Waals surface area contributed by atoms with Crippen LogP contribution in [0.1, 0.15) is 31.0 Å². The number of aromatic nitrogens is 1. The van der Waals surface area contributed by atoms with Crippen LogP contribution < -0.4 is 15.5 Å². The van der Waals surface area contributed by atoms with Gasteiger partial charge in [-0.25, -0.2) is 4.99 Å². The molecule has 1 aromatic carbocycles. The number of guanidine groups is 1. The first-order valence-corrected chi connectivity index (χ1v) is 11.2. The molecule has 0 unspecified atom stereocenters. The molecular weight excluding hydrogens is 372 g/mol. The topological polar surface area (TPSA) is 55.8 Å². The van der Waals surface area contributed by atoms with E-state index in [1.165, 1.54) is 24.2 Å². The van der Waals surface area contributed by atoms with E-state index in [0.717, 1.165) is 57.3 Å². The second-order valence-corrected chi connectivity index (χ2v) is 7.82. The summed E-state index contributed by atoms with van der Waals surface area (Å²) in [5.41, 5.74) is 3.68. The van der Waals surface area contributed by atoms with Crippen molar-refractivity contribution in [1.82, 2.24) is 20.5 Å². The largest absolute Gasteiger partial charge is 0.369 e. The van der Waals surface area contributed by atoms with Crippen LogP contribution in [0.3, 0.4) is 0 Å². The lowest BCUT2D eigenvalue weighted by atomic mass is 10.2. The quantitative estimate of drug-likeness (QED) is 0.379. The van der Waals surface area contributed by atoms with Crippen LogP contribution in [0.25, 0.3) is 0 Å². The Morgan fingerprint density at radius 1 is 1.03 bits per heavy atom. The molecule has 2 aromatic rings. The lowest BCUT2D eigenvalue weighted by molar-refractivity contribution is 0.253. The summed E-state index contributed by atoms with van der Waals surface area (Å²) >= 11 is 0. The third-order valence-corrected chi connectivity index (χ3v) is 5.40. The maximum Gasteiger partial charge on any atom is 0.191 e. The maximum absolute atomic E-state index is 4.63. The van der Waals surface area contributed by atoms with E-state index < -0.39 is 0 Å². The Kier molecular flexibility index (Phi) is 8.97. The number of rotatable bonds is 9. The maximum atomic E-state index is 4.63. The van der Waals surface area contributed by atoms with Gasteiger partial charge in [0, 0.05) is 51.2 Å². The van der Waals surface area contributed by atoms with E-state index in [2.05, 4.69) is 68.5 Å². The van der Waals surface area contributed by atoms with Gasteiger partial charge in [-0.15, -0.1) is 0 Å². The summed E-state index contributed by atoms with van der Waals surface area (Å²) in [6, 6.07) is 14.8. The molecule has 0 saturated carbocycles. The van der Waals surface area contributed by atoms with E-state index in [1.807, 2.05) is 24.4 Å². The van der Waals surface area contributed by atoms with Crippen LogP contribution >= 0.6 is 0 Å². The third-order valence-electron chi connectivity index (χ3n) is 5.40. The van der Waals surface area contributed by atoms with Crippen molar-refractivity contribution >= 4 is 11.6 Å². The number of aryl methyl sites for hydroxylation is 1. The second kappa shape index (κ2) is 12.2. The Balaban J connectivity index is 1.31. The predicted molar refractivity (Wildman–Crippen MR) is 126 cm³/mol. The summed E-state index contributed by atoms with van der Waals surface area (Å²) in [4.78, 5) is 14.1. The minimum Gasteiger partial charge on any atom is -0.369 e. The molecule has 0 bridgehead atoms. The zero-order valence-electron chi connectivity index (χ0n) is 18.5. The van der Waals surface area contributed by atoms with Gasteiger partial charge in [0.05, 0.1) is 12.2 Å². The number of anilines is 1. The number of unbranched alkanes of at least 4 members (excludes halogenated alkanes) is 1. The van der Waals surface area contributed by atoms with Crippen LogP contribution in [0.2, 0.25) is 0 Å². The highest BCUT2D eigenvalue weighted by atomic mass is 15.3. The Morgan fingerprint density at radius 3 is 2.63 bits per heavy atom. The van der Waals surface area contributed by atoms with Gasteiger partial charge in [-0.1, -0.05) is 18.2 Å². The summed E-state index contributed by atoms with van der Waals surface area (Å²) in [5, 5.41) is 6.76. The second-order valence-electron chi connectivity index (χ2n) is 7.82. The van der Waals surface area contributed by atoms with Crippen LogP contribution in [0, 0.1) is 6.92 Å². The van der Waals surface area contributed by atoms with Gasteiger partial charge in [-0.3, -0.25) is 9.88 Å². The molecule has 30 heavy (non-hydrogen) atoms. The highest BCUT2D eigenvalue weighted by Crippen LogP contribution is 2.17. The molecule has 2 heterocycles. The summed E-state index contributed by atoms with van der Waals surface area (Å²) in [6.45, 7) is 12.4. The van der Waals surface area contributed by atoms with Gasteiger partial charge in [0.25, 0.3) is 0 Å². The van der Waals surface area contributed by atoms with E-state index in [1.54, 1.807) is 0 Å². The molecule has 3 rings (SSSR count). The molecule has 1 saturated heterocycles. The molecule has 1 aliphatic heterocycles.